The van der Waals surface area contributed by atoms with Gasteiger partial charge in [-0.15, -0.1) is 0 Å². The van der Waals surface area contributed by atoms with Gasteiger partial charge >= 0.3 is 6.18 Å². The fourth-order valence-corrected chi connectivity index (χ4v) is 3.31. The molecule has 8 nitrogen and oxygen atoms in total. The Kier molecular flexibility index (Phi) is 5.46. The third-order valence-electron chi connectivity index (χ3n) is 5.00. The molecule has 0 bridgehead atoms. The van der Waals surface area contributed by atoms with Crippen molar-refractivity contribution in [3.8, 4) is 5.75 Å². The number of rotatable bonds is 6. The van der Waals surface area contributed by atoms with E-state index in [9.17, 15) is 22.4 Å². The van der Waals surface area contributed by atoms with Gasteiger partial charge < -0.3 is 15.4 Å². The predicted octanol–water partition coefficient (Wildman–Crippen LogP) is 3.64. The maximum absolute atomic E-state index is 13.8. The van der Waals surface area contributed by atoms with Crippen LogP contribution in [0.5, 0.6) is 5.75 Å². The van der Waals surface area contributed by atoms with E-state index in [-0.39, 0.29) is 17.2 Å². The third-order valence-corrected chi connectivity index (χ3v) is 5.00. The lowest BCUT2D eigenvalue weighted by Crippen LogP contribution is -2.34. The lowest BCUT2D eigenvalue weighted by Gasteiger charge is -2.19. The minimum absolute atomic E-state index is 0.0925. The smallest absolute Gasteiger partial charge is 0.422 e. The highest BCUT2D eigenvalue weighted by Gasteiger charge is 2.35. The number of nitrogens with one attached hydrogen (secondary N) is 2. The normalized spacial score (nSPS) is 16.5. The van der Waals surface area contributed by atoms with E-state index in [2.05, 4.69) is 25.7 Å². The molecule has 3 heterocycles. The molecule has 4 rings (SSSR count). The Bertz CT molecular complexity index is 1250. The number of aromatic nitrogens is 3. The lowest BCUT2D eigenvalue weighted by molar-refractivity contribution is -0.153. The number of nitrogens with zero attached hydrogens (tertiary/aromatic N) is 4. The van der Waals surface area contributed by atoms with Gasteiger partial charge in [-0.25, -0.2) is 13.9 Å². The van der Waals surface area contributed by atoms with Gasteiger partial charge in [-0.2, -0.15) is 18.3 Å². The summed E-state index contributed by atoms with van der Waals surface area (Å²) in [6.45, 7) is 3.51. The fraction of sp³-hybridized carbons (Fsp3) is 0.333. The lowest BCUT2D eigenvalue weighted by atomic mass is 10.1. The van der Waals surface area contributed by atoms with E-state index in [1.54, 1.807) is 33.0 Å². The zero-order valence-corrected chi connectivity index (χ0v) is 17.9. The molecule has 0 saturated heterocycles. The first kappa shape index (κ1) is 22.5. The van der Waals surface area contributed by atoms with E-state index < -0.39 is 30.2 Å². The molecule has 174 valence electrons. The number of hydrogen-bond acceptors (Lipinski definition) is 6. The second-order valence-corrected chi connectivity index (χ2v) is 8.06. The van der Waals surface area contributed by atoms with Gasteiger partial charge in [0.25, 0.3) is 5.91 Å². The van der Waals surface area contributed by atoms with Crippen LogP contribution in [0.15, 0.2) is 41.7 Å². The van der Waals surface area contributed by atoms with Crippen molar-refractivity contribution in [1.82, 2.24) is 19.9 Å². The Morgan fingerprint density at radius 2 is 2.03 bits per heavy atom. The highest BCUT2D eigenvalue weighted by Crippen LogP contribution is 2.30. The Morgan fingerprint density at radius 3 is 2.70 bits per heavy atom. The van der Waals surface area contributed by atoms with Crippen LogP contribution in [0.4, 0.5) is 23.4 Å². The van der Waals surface area contributed by atoms with Gasteiger partial charge in [0.2, 0.25) is 0 Å². The summed E-state index contributed by atoms with van der Waals surface area (Å²) in [6.07, 6.45) is -1.39. The van der Waals surface area contributed by atoms with E-state index in [0.29, 0.717) is 22.9 Å². The Hall–Kier alpha value is -3.70. The molecular weight excluding hydrogens is 444 g/mol. The highest BCUT2D eigenvalue weighted by atomic mass is 19.4. The summed E-state index contributed by atoms with van der Waals surface area (Å²) in [6, 6.07) is 4.25. The molecular formula is C21H20F4N6O2. The van der Waals surface area contributed by atoms with Gasteiger partial charge in [0.15, 0.2) is 12.3 Å². The Balaban J connectivity index is 1.61. The zero-order valence-electron chi connectivity index (χ0n) is 17.9. The van der Waals surface area contributed by atoms with Crippen LogP contribution in [-0.4, -0.2) is 44.7 Å². The third kappa shape index (κ3) is 4.73. The average Bonchev–Trinajstić information content (AvgIpc) is 3.26. The number of ether oxygens (including phenoxy) is 1. The quantitative estimate of drug-likeness (QED) is 0.544. The molecule has 1 aliphatic heterocycles. The number of carbonyl (C=O) groups is 1. The topological polar surface area (TPSA) is 92.9 Å². The molecule has 2 aromatic heterocycles. The van der Waals surface area contributed by atoms with Crippen LogP contribution < -0.4 is 15.4 Å². The Morgan fingerprint density at radius 1 is 1.27 bits per heavy atom. The maximum atomic E-state index is 13.8. The number of aliphatic imine (C=N–C) groups is 1. The number of amides is 1. The van der Waals surface area contributed by atoms with E-state index in [1.807, 2.05) is 0 Å². The van der Waals surface area contributed by atoms with Gasteiger partial charge in [-0.3, -0.25) is 9.79 Å². The molecule has 12 heteroatoms. The molecule has 2 N–H and O–H groups in total. The number of anilines is 1. The molecule has 33 heavy (non-hydrogen) atoms. The molecule has 1 atom stereocenters. The van der Waals surface area contributed by atoms with Crippen LogP contribution >= 0.6 is 0 Å². The summed E-state index contributed by atoms with van der Waals surface area (Å²) in [5.41, 5.74) is 0.184. The number of carbonyl (C=O) groups excluding carboxylic acids is 1. The van der Waals surface area contributed by atoms with Crippen LogP contribution in [0.3, 0.4) is 0 Å². The molecule has 0 spiro atoms. The van der Waals surface area contributed by atoms with Crippen molar-refractivity contribution in [2.24, 2.45) is 4.99 Å². The molecule has 3 aromatic rings. The van der Waals surface area contributed by atoms with E-state index in [1.165, 1.54) is 10.7 Å². The molecule has 1 amide bonds. The molecule has 0 fully saturated rings. The first-order valence-corrected chi connectivity index (χ1v) is 9.94. The van der Waals surface area contributed by atoms with E-state index in [0.717, 1.165) is 18.2 Å². The molecule has 0 saturated carbocycles. The summed E-state index contributed by atoms with van der Waals surface area (Å²) in [5.74, 6) is -0.267. The first-order chi connectivity index (χ1) is 15.4. The van der Waals surface area contributed by atoms with Crippen LogP contribution in [0.2, 0.25) is 0 Å². The van der Waals surface area contributed by atoms with Crippen LogP contribution in [-0.2, 0) is 4.79 Å². The van der Waals surface area contributed by atoms with Crippen molar-refractivity contribution in [3.05, 3.63) is 53.6 Å². The van der Waals surface area contributed by atoms with Crippen molar-refractivity contribution >= 4 is 23.2 Å². The van der Waals surface area contributed by atoms with Crippen molar-refractivity contribution in [1.29, 1.82) is 0 Å². The first-order valence-electron chi connectivity index (χ1n) is 9.94. The second kappa shape index (κ2) is 8.01. The summed E-state index contributed by atoms with van der Waals surface area (Å²) >= 11 is 0. The van der Waals surface area contributed by atoms with Gasteiger partial charge in [0.05, 0.1) is 17.8 Å². The number of fused-ring (bicyclic) bond motifs is 1. The van der Waals surface area contributed by atoms with Crippen molar-refractivity contribution < 1.29 is 27.1 Å². The van der Waals surface area contributed by atoms with Crippen molar-refractivity contribution in [2.45, 2.75) is 38.5 Å². The maximum Gasteiger partial charge on any atom is 0.422 e. The second-order valence-electron chi connectivity index (χ2n) is 8.06. The van der Waals surface area contributed by atoms with Gasteiger partial charge in [0, 0.05) is 11.8 Å². The predicted molar refractivity (Wildman–Crippen MR) is 112 cm³/mol. The zero-order chi connectivity index (χ0) is 24.0. The number of alkyl halides is 3. The minimum Gasteiger partial charge on any atom is -0.484 e. The van der Waals surface area contributed by atoms with E-state index in [4.69, 9.17) is 4.74 Å². The fourth-order valence-electron chi connectivity index (χ4n) is 3.31. The van der Waals surface area contributed by atoms with E-state index >= 15 is 0 Å². The number of halogens is 4. The van der Waals surface area contributed by atoms with Crippen LogP contribution in [0.25, 0.3) is 5.65 Å². The van der Waals surface area contributed by atoms with Crippen LogP contribution in [0, 0.1) is 5.82 Å². The Labute approximate surface area is 185 Å². The van der Waals surface area contributed by atoms with Crippen molar-refractivity contribution in [2.75, 3.05) is 11.9 Å². The minimum atomic E-state index is -4.53. The highest BCUT2D eigenvalue weighted by molar-refractivity contribution is 6.17. The molecule has 1 aromatic carbocycles. The molecule has 0 unspecified atom stereocenters. The average molecular weight is 464 g/mol. The summed E-state index contributed by atoms with van der Waals surface area (Å²) in [4.78, 5) is 21.0. The van der Waals surface area contributed by atoms with Crippen molar-refractivity contribution in [3.63, 3.8) is 0 Å². The number of hydrogen-bond donors (Lipinski definition) is 2. The monoisotopic (exact) mass is 464 g/mol. The number of benzene rings is 1. The largest absolute Gasteiger partial charge is 0.484 e. The molecule has 1 aliphatic rings. The van der Waals surface area contributed by atoms with Crippen LogP contribution in [0.1, 0.15) is 37.9 Å². The standard InChI is InChI=1S/C21H20F4N6O2/c1-11(13-8-12(22)4-5-15(13)33-10-21(23,24)25)27-16-6-7-31-18(28-16)14(9-26-31)17-29-19(32)20(2,3)30-17/h4-9,11H,10H2,1-3H3,(H,27,28)(H,29,30,32)/t11-/m1/s1. The van der Waals surface area contributed by atoms with Gasteiger partial charge in [0.1, 0.15) is 28.8 Å². The number of amidine groups is 1. The summed E-state index contributed by atoms with van der Waals surface area (Å²) in [5, 5.41) is 9.96. The SMILES string of the molecule is C[C@@H](Nc1ccn2ncc(C3=NC(C)(C)C(=O)N3)c2n1)c1cc(F)ccc1OCC(F)(F)F. The summed E-state index contributed by atoms with van der Waals surface area (Å²) < 4.78 is 57.9. The molecule has 0 radical (unpaired) electrons. The summed E-state index contributed by atoms with van der Waals surface area (Å²) in [7, 11) is 0. The molecule has 0 aliphatic carbocycles. The van der Waals surface area contributed by atoms with Gasteiger partial charge in [-0.1, -0.05) is 0 Å². The van der Waals surface area contributed by atoms with Gasteiger partial charge in [-0.05, 0) is 45.0 Å².